The van der Waals surface area contributed by atoms with E-state index in [4.69, 9.17) is 5.73 Å². The van der Waals surface area contributed by atoms with Crippen LogP contribution in [-0.4, -0.2) is 49.8 Å². The molecule has 0 aromatic carbocycles. The van der Waals surface area contributed by atoms with Crippen LogP contribution < -0.4 is 5.73 Å². The lowest BCUT2D eigenvalue weighted by atomic mass is 9.94. The molecule has 0 radical (unpaired) electrons. The molecule has 3 heterocycles. The average molecular weight is 330 g/mol. The van der Waals surface area contributed by atoms with Crippen LogP contribution in [0, 0.1) is 6.92 Å². The first-order valence-corrected chi connectivity index (χ1v) is 8.18. The lowest BCUT2D eigenvalue weighted by Crippen LogP contribution is -2.40. The number of likely N-dealkylation sites (tertiary alicyclic amines) is 1. The number of amides is 2. The van der Waals surface area contributed by atoms with E-state index >= 15 is 0 Å². The third-order valence-corrected chi connectivity index (χ3v) is 4.42. The Labute approximate surface area is 140 Å². The zero-order valence-electron chi connectivity index (χ0n) is 14.0. The van der Waals surface area contributed by atoms with Gasteiger partial charge in [-0.1, -0.05) is 0 Å². The molecule has 1 atom stereocenters. The van der Waals surface area contributed by atoms with Crippen molar-refractivity contribution < 1.29 is 9.59 Å². The van der Waals surface area contributed by atoms with Gasteiger partial charge in [-0.05, 0) is 38.8 Å². The topological polar surface area (TPSA) is 110 Å². The summed E-state index contributed by atoms with van der Waals surface area (Å²) in [6.07, 6.45) is 1.84. The molecule has 3 rings (SSSR count). The number of aromatic nitrogens is 4. The molecule has 1 aliphatic rings. The van der Waals surface area contributed by atoms with Crippen molar-refractivity contribution in [3.8, 4) is 0 Å². The molecule has 1 aliphatic heterocycles. The summed E-state index contributed by atoms with van der Waals surface area (Å²) in [5.74, 6) is -0.428. The second-order valence-electron chi connectivity index (χ2n) is 6.15. The van der Waals surface area contributed by atoms with Crippen LogP contribution in [0.1, 0.15) is 58.0 Å². The van der Waals surface area contributed by atoms with Crippen molar-refractivity contribution in [1.82, 2.24) is 24.9 Å². The van der Waals surface area contributed by atoms with Crippen LogP contribution in [0.15, 0.2) is 12.1 Å². The van der Waals surface area contributed by atoms with Gasteiger partial charge in [0, 0.05) is 31.2 Å². The van der Waals surface area contributed by atoms with Gasteiger partial charge in [0.1, 0.15) is 11.4 Å². The smallest absolute Gasteiger partial charge is 0.272 e. The van der Waals surface area contributed by atoms with Crippen LogP contribution >= 0.6 is 0 Å². The van der Waals surface area contributed by atoms with Gasteiger partial charge in [0.15, 0.2) is 0 Å². The van der Waals surface area contributed by atoms with Crippen LogP contribution in [-0.2, 0) is 6.54 Å². The van der Waals surface area contributed by atoms with Gasteiger partial charge in [-0.15, -0.1) is 0 Å². The van der Waals surface area contributed by atoms with E-state index in [0.717, 1.165) is 30.8 Å². The Morgan fingerprint density at radius 2 is 2.21 bits per heavy atom. The van der Waals surface area contributed by atoms with Gasteiger partial charge in [0.05, 0.1) is 5.69 Å². The molecule has 0 unspecified atom stereocenters. The molecule has 0 aliphatic carbocycles. The van der Waals surface area contributed by atoms with Crippen molar-refractivity contribution in [3.05, 3.63) is 34.9 Å². The van der Waals surface area contributed by atoms with E-state index in [0.29, 0.717) is 18.8 Å². The summed E-state index contributed by atoms with van der Waals surface area (Å²) < 4.78 is 1.74. The molecule has 3 N–H and O–H groups in total. The Morgan fingerprint density at radius 3 is 2.88 bits per heavy atom. The van der Waals surface area contributed by atoms with Gasteiger partial charge in [-0.25, -0.2) is 0 Å². The number of H-pyrrole nitrogens is 1. The van der Waals surface area contributed by atoms with Crippen molar-refractivity contribution in [1.29, 1.82) is 0 Å². The second kappa shape index (κ2) is 6.46. The third-order valence-electron chi connectivity index (χ3n) is 4.42. The minimum absolute atomic E-state index is 0.00297. The largest absolute Gasteiger partial charge is 0.364 e. The minimum atomic E-state index is -0.552. The zero-order chi connectivity index (χ0) is 17.3. The molecule has 24 heavy (non-hydrogen) atoms. The maximum absolute atomic E-state index is 12.8. The number of hydrogen-bond acceptors (Lipinski definition) is 4. The van der Waals surface area contributed by atoms with Gasteiger partial charge in [-0.3, -0.25) is 19.4 Å². The number of hydrogen-bond donors (Lipinski definition) is 2. The average Bonchev–Trinajstić information content (AvgIpc) is 3.21. The van der Waals surface area contributed by atoms with Crippen LogP contribution in [0.3, 0.4) is 0 Å². The molecule has 2 aromatic heterocycles. The number of aromatic amines is 1. The van der Waals surface area contributed by atoms with Crippen LogP contribution in [0.5, 0.6) is 0 Å². The number of nitrogens with zero attached hydrogens (tertiary/aromatic N) is 4. The van der Waals surface area contributed by atoms with Crippen LogP contribution in [0.2, 0.25) is 0 Å². The number of aryl methyl sites for hydroxylation is 2. The third kappa shape index (κ3) is 3.04. The summed E-state index contributed by atoms with van der Waals surface area (Å²) >= 11 is 0. The molecule has 0 saturated carbocycles. The molecule has 8 heteroatoms. The standard InChI is InChI=1S/C16H22N6O2/c1-3-22-14(7-10(2)20-22)16(24)21-6-4-5-11(9-21)12-8-13(15(17)23)19-18-12/h7-8,11H,3-6,9H2,1-2H3,(H2,17,23)(H,18,19)/t11-/m1/s1. The Kier molecular flexibility index (Phi) is 4.37. The number of rotatable bonds is 4. The van der Waals surface area contributed by atoms with Crippen molar-refractivity contribution in [3.63, 3.8) is 0 Å². The van der Waals surface area contributed by atoms with Crippen LogP contribution in [0.4, 0.5) is 0 Å². The van der Waals surface area contributed by atoms with Gasteiger partial charge >= 0.3 is 0 Å². The van der Waals surface area contributed by atoms with E-state index in [-0.39, 0.29) is 17.5 Å². The van der Waals surface area contributed by atoms with Crippen molar-refractivity contribution >= 4 is 11.8 Å². The summed E-state index contributed by atoms with van der Waals surface area (Å²) in [6.45, 7) is 5.83. The summed E-state index contributed by atoms with van der Waals surface area (Å²) in [5.41, 5.74) is 7.79. The normalized spacial score (nSPS) is 17.9. The van der Waals surface area contributed by atoms with E-state index in [1.54, 1.807) is 10.7 Å². The molecule has 2 aromatic rings. The Balaban J connectivity index is 1.77. The predicted octanol–water partition coefficient (Wildman–Crippen LogP) is 1.05. The number of nitrogens with two attached hydrogens (primary N) is 1. The van der Waals surface area contributed by atoms with Gasteiger partial charge < -0.3 is 10.6 Å². The van der Waals surface area contributed by atoms with Gasteiger partial charge in [0.2, 0.25) is 0 Å². The van der Waals surface area contributed by atoms with Crippen LogP contribution in [0.25, 0.3) is 0 Å². The number of carbonyl (C=O) groups is 2. The van der Waals surface area contributed by atoms with E-state index in [9.17, 15) is 9.59 Å². The zero-order valence-corrected chi connectivity index (χ0v) is 14.0. The first-order chi connectivity index (χ1) is 11.5. The maximum Gasteiger partial charge on any atom is 0.272 e. The SMILES string of the molecule is CCn1nc(C)cc1C(=O)N1CCC[C@@H](c2cc(C(N)=O)n[nH]2)C1. The number of nitrogens with one attached hydrogen (secondary N) is 1. The lowest BCUT2D eigenvalue weighted by Gasteiger charge is -2.32. The lowest BCUT2D eigenvalue weighted by molar-refractivity contribution is 0.0693. The Bertz CT molecular complexity index is 762. The first-order valence-electron chi connectivity index (χ1n) is 8.18. The molecule has 128 valence electrons. The highest BCUT2D eigenvalue weighted by molar-refractivity contribution is 5.93. The molecular weight excluding hydrogens is 308 g/mol. The van der Waals surface area contributed by atoms with Gasteiger partial charge in [0.25, 0.3) is 11.8 Å². The van der Waals surface area contributed by atoms with E-state index in [1.807, 2.05) is 24.8 Å². The highest BCUT2D eigenvalue weighted by Crippen LogP contribution is 2.27. The Hall–Kier alpha value is -2.64. The van der Waals surface area contributed by atoms with Gasteiger partial charge in [-0.2, -0.15) is 10.2 Å². The molecule has 8 nitrogen and oxygen atoms in total. The van der Waals surface area contributed by atoms with E-state index in [2.05, 4.69) is 15.3 Å². The molecule has 0 bridgehead atoms. The molecule has 1 fully saturated rings. The maximum atomic E-state index is 12.8. The van der Waals surface area contributed by atoms with Crippen molar-refractivity contribution in [2.45, 2.75) is 39.2 Å². The monoisotopic (exact) mass is 330 g/mol. The molecule has 2 amide bonds. The molecular formula is C16H22N6O2. The Morgan fingerprint density at radius 1 is 1.42 bits per heavy atom. The summed E-state index contributed by atoms with van der Waals surface area (Å²) in [7, 11) is 0. The number of carbonyl (C=O) groups excluding carboxylic acids is 2. The fourth-order valence-electron chi connectivity index (χ4n) is 3.21. The summed E-state index contributed by atoms with van der Waals surface area (Å²) in [4.78, 5) is 25.9. The van der Waals surface area contributed by atoms with Crippen molar-refractivity contribution in [2.75, 3.05) is 13.1 Å². The molecule has 0 spiro atoms. The highest BCUT2D eigenvalue weighted by atomic mass is 16.2. The highest BCUT2D eigenvalue weighted by Gasteiger charge is 2.28. The quantitative estimate of drug-likeness (QED) is 0.873. The predicted molar refractivity (Wildman–Crippen MR) is 87.6 cm³/mol. The fourth-order valence-corrected chi connectivity index (χ4v) is 3.21. The van der Waals surface area contributed by atoms with E-state index in [1.165, 1.54) is 0 Å². The minimum Gasteiger partial charge on any atom is -0.364 e. The first kappa shape index (κ1) is 16.2. The summed E-state index contributed by atoms with van der Waals surface area (Å²) in [5, 5.41) is 11.2. The molecule has 1 saturated heterocycles. The van der Waals surface area contributed by atoms with Crippen molar-refractivity contribution in [2.24, 2.45) is 5.73 Å². The second-order valence-corrected chi connectivity index (χ2v) is 6.15. The number of piperidine rings is 1. The number of primary amides is 1. The fraction of sp³-hybridized carbons (Fsp3) is 0.500. The summed E-state index contributed by atoms with van der Waals surface area (Å²) in [6, 6.07) is 3.51. The van der Waals surface area contributed by atoms with E-state index < -0.39 is 5.91 Å².